The SMILES string of the molecule is CC(O[C@H]1OCCN(Cc2n[nH]c(=O)[nH]2)[C@H]1c1ccccc1)c1cc(C(F)(F)F)cc(C(F)(F)F)c1. The van der Waals surface area contributed by atoms with E-state index in [4.69, 9.17) is 9.47 Å². The fraction of sp³-hybridized carbons (Fsp3) is 0.391. The van der Waals surface area contributed by atoms with Gasteiger partial charge in [0.1, 0.15) is 5.82 Å². The number of halogens is 6. The second-order valence-electron chi connectivity index (χ2n) is 8.31. The Bertz CT molecular complexity index is 1190. The van der Waals surface area contributed by atoms with Crippen molar-refractivity contribution in [2.75, 3.05) is 13.2 Å². The number of alkyl halides is 6. The molecule has 7 nitrogen and oxygen atoms in total. The third-order valence-corrected chi connectivity index (χ3v) is 5.77. The van der Waals surface area contributed by atoms with E-state index in [9.17, 15) is 31.1 Å². The minimum atomic E-state index is -4.97. The molecular formula is C23H22F6N4O3. The molecule has 1 aliphatic heterocycles. The molecule has 194 valence electrons. The summed E-state index contributed by atoms with van der Waals surface area (Å²) in [5.41, 5.74) is -2.87. The topological polar surface area (TPSA) is 83.2 Å². The third kappa shape index (κ3) is 5.97. The molecule has 0 bridgehead atoms. The van der Waals surface area contributed by atoms with Crippen molar-refractivity contribution in [1.82, 2.24) is 20.1 Å². The Labute approximate surface area is 201 Å². The summed E-state index contributed by atoms with van der Waals surface area (Å²) in [6.45, 7) is 2.14. The predicted molar refractivity (Wildman–Crippen MR) is 114 cm³/mol. The van der Waals surface area contributed by atoms with E-state index in [0.717, 1.165) is 5.56 Å². The Kier molecular flexibility index (Phi) is 7.25. The van der Waals surface area contributed by atoms with Gasteiger partial charge in [-0.2, -0.15) is 31.4 Å². The van der Waals surface area contributed by atoms with Crippen molar-refractivity contribution in [3.63, 3.8) is 0 Å². The first kappa shape index (κ1) is 25.9. The van der Waals surface area contributed by atoms with Crippen LogP contribution in [0.25, 0.3) is 0 Å². The van der Waals surface area contributed by atoms with Crippen LogP contribution in [-0.2, 0) is 28.4 Å². The molecular weight excluding hydrogens is 494 g/mol. The Morgan fingerprint density at radius 1 is 1.08 bits per heavy atom. The lowest BCUT2D eigenvalue weighted by atomic mass is 10.0. The molecule has 13 heteroatoms. The van der Waals surface area contributed by atoms with E-state index in [1.54, 1.807) is 30.3 Å². The molecule has 0 saturated carbocycles. The van der Waals surface area contributed by atoms with Gasteiger partial charge in [-0.05, 0) is 36.2 Å². The molecule has 0 radical (unpaired) electrons. The Balaban J connectivity index is 1.65. The van der Waals surface area contributed by atoms with Gasteiger partial charge < -0.3 is 9.47 Å². The maximum Gasteiger partial charge on any atom is 0.416 e. The van der Waals surface area contributed by atoms with E-state index in [1.807, 2.05) is 4.90 Å². The summed E-state index contributed by atoms with van der Waals surface area (Å²) in [5, 5.41) is 6.19. The quantitative estimate of drug-likeness (QED) is 0.460. The van der Waals surface area contributed by atoms with Crippen molar-refractivity contribution in [2.24, 2.45) is 0 Å². The Morgan fingerprint density at radius 2 is 1.72 bits per heavy atom. The van der Waals surface area contributed by atoms with Gasteiger partial charge in [-0.15, -0.1) is 0 Å². The van der Waals surface area contributed by atoms with Crippen LogP contribution in [0.2, 0.25) is 0 Å². The molecule has 3 aromatic rings. The first-order valence-electron chi connectivity index (χ1n) is 10.9. The highest BCUT2D eigenvalue weighted by molar-refractivity contribution is 5.34. The second-order valence-corrected chi connectivity index (χ2v) is 8.31. The fourth-order valence-electron chi connectivity index (χ4n) is 4.06. The van der Waals surface area contributed by atoms with Crippen LogP contribution in [0, 0.1) is 0 Å². The molecule has 3 atom stereocenters. The van der Waals surface area contributed by atoms with Crippen LogP contribution in [0.4, 0.5) is 26.3 Å². The van der Waals surface area contributed by atoms with Crippen molar-refractivity contribution >= 4 is 0 Å². The van der Waals surface area contributed by atoms with Crippen molar-refractivity contribution in [1.29, 1.82) is 0 Å². The molecule has 4 rings (SSSR count). The highest BCUT2D eigenvalue weighted by Crippen LogP contribution is 2.39. The van der Waals surface area contributed by atoms with E-state index >= 15 is 0 Å². The summed E-state index contributed by atoms with van der Waals surface area (Å²) < 4.78 is 91.7. The standard InChI is InChI=1S/C23H22F6N4O3/c1-13(15-9-16(22(24,25)26)11-17(10-15)23(27,28)29)36-20-19(14-5-3-2-4-6-14)33(7-8-35-20)12-18-30-21(34)32-31-18/h2-6,9-11,13,19-20H,7-8,12H2,1H3,(H2,30,31,32,34)/t13?,19-,20+/m0/s1. The zero-order valence-electron chi connectivity index (χ0n) is 18.9. The average molecular weight is 516 g/mol. The number of nitrogens with one attached hydrogen (secondary N) is 2. The number of aromatic nitrogens is 3. The maximum atomic E-state index is 13.3. The maximum absolute atomic E-state index is 13.3. The number of ether oxygens (including phenoxy) is 2. The Morgan fingerprint density at radius 3 is 2.28 bits per heavy atom. The molecule has 2 aromatic carbocycles. The van der Waals surface area contributed by atoms with Gasteiger partial charge in [-0.1, -0.05) is 30.3 Å². The van der Waals surface area contributed by atoms with Crippen molar-refractivity contribution in [3.8, 4) is 0 Å². The molecule has 0 spiro atoms. The van der Waals surface area contributed by atoms with Gasteiger partial charge >= 0.3 is 18.0 Å². The van der Waals surface area contributed by atoms with E-state index in [-0.39, 0.29) is 24.8 Å². The van der Waals surface area contributed by atoms with Gasteiger partial charge in [0.05, 0.1) is 36.4 Å². The van der Waals surface area contributed by atoms with Gasteiger partial charge in [0.2, 0.25) is 0 Å². The van der Waals surface area contributed by atoms with Crippen molar-refractivity contribution in [2.45, 2.75) is 44.3 Å². The number of rotatable bonds is 6. The van der Waals surface area contributed by atoms with Gasteiger partial charge in [0.15, 0.2) is 6.29 Å². The number of benzene rings is 2. The first-order chi connectivity index (χ1) is 16.9. The monoisotopic (exact) mass is 516 g/mol. The van der Waals surface area contributed by atoms with Crippen LogP contribution in [0.3, 0.4) is 0 Å². The van der Waals surface area contributed by atoms with Crippen LogP contribution in [0.1, 0.15) is 47.1 Å². The van der Waals surface area contributed by atoms with Gasteiger partial charge in [0, 0.05) is 6.54 Å². The molecule has 2 heterocycles. The third-order valence-electron chi connectivity index (χ3n) is 5.77. The highest BCUT2D eigenvalue weighted by atomic mass is 19.4. The number of morpholine rings is 1. The lowest BCUT2D eigenvalue weighted by molar-refractivity contribution is -0.231. The Hall–Kier alpha value is -3.16. The molecule has 1 aromatic heterocycles. The number of H-pyrrole nitrogens is 2. The summed E-state index contributed by atoms with van der Waals surface area (Å²) in [6, 6.07) is 9.73. The largest absolute Gasteiger partial charge is 0.416 e. The van der Waals surface area contributed by atoms with Crippen LogP contribution < -0.4 is 5.69 Å². The predicted octanol–water partition coefficient (Wildman–Crippen LogP) is 4.81. The van der Waals surface area contributed by atoms with E-state index in [0.29, 0.717) is 24.5 Å². The molecule has 0 amide bonds. The molecule has 1 aliphatic rings. The van der Waals surface area contributed by atoms with Crippen LogP contribution in [-0.4, -0.2) is 39.5 Å². The van der Waals surface area contributed by atoms with Crippen molar-refractivity contribution < 1.29 is 35.8 Å². The van der Waals surface area contributed by atoms with Gasteiger partial charge in [-0.25, -0.2) is 9.89 Å². The van der Waals surface area contributed by atoms with Crippen LogP contribution in [0.5, 0.6) is 0 Å². The summed E-state index contributed by atoms with van der Waals surface area (Å²) in [6.07, 6.45) is -12.2. The molecule has 36 heavy (non-hydrogen) atoms. The number of aromatic amines is 2. The van der Waals surface area contributed by atoms with E-state index in [1.165, 1.54) is 6.92 Å². The second kappa shape index (κ2) is 10.1. The number of hydrogen-bond acceptors (Lipinski definition) is 5. The highest BCUT2D eigenvalue weighted by Gasteiger charge is 2.39. The summed E-state index contributed by atoms with van der Waals surface area (Å²) in [4.78, 5) is 15.9. The zero-order chi connectivity index (χ0) is 26.1. The lowest BCUT2D eigenvalue weighted by Gasteiger charge is -2.41. The smallest absolute Gasteiger partial charge is 0.349 e. The van der Waals surface area contributed by atoms with E-state index < -0.39 is 47.6 Å². The molecule has 1 saturated heterocycles. The molecule has 1 unspecified atom stereocenters. The van der Waals surface area contributed by atoms with Crippen LogP contribution in [0.15, 0.2) is 53.3 Å². The fourth-order valence-corrected chi connectivity index (χ4v) is 4.06. The lowest BCUT2D eigenvalue weighted by Crippen LogP contribution is -2.46. The minimum Gasteiger partial charge on any atom is -0.349 e. The molecule has 2 N–H and O–H groups in total. The summed E-state index contributed by atoms with van der Waals surface area (Å²) in [7, 11) is 0. The number of hydrogen-bond donors (Lipinski definition) is 2. The minimum absolute atomic E-state index is 0.0759. The molecule has 1 fully saturated rings. The van der Waals surface area contributed by atoms with Crippen molar-refractivity contribution in [3.05, 3.63) is 87.1 Å². The van der Waals surface area contributed by atoms with E-state index in [2.05, 4.69) is 15.2 Å². The normalized spacial score (nSPS) is 20.4. The van der Waals surface area contributed by atoms with Gasteiger partial charge in [-0.3, -0.25) is 9.88 Å². The summed E-state index contributed by atoms with van der Waals surface area (Å²) in [5.74, 6) is 0.349. The summed E-state index contributed by atoms with van der Waals surface area (Å²) >= 11 is 0. The zero-order valence-corrected chi connectivity index (χ0v) is 18.9. The average Bonchev–Trinajstić information content (AvgIpc) is 3.23. The molecule has 0 aliphatic carbocycles. The number of nitrogens with zero attached hydrogens (tertiary/aromatic N) is 2. The van der Waals surface area contributed by atoms with Gasteiger partial charge in [0.25, 0.3) is 0 Å². The van der Waals surface area contributed by atoms with Crippen LogP contribution >= 0.6 is 0 Å². The first-order valence-corrected chi connectivity index (χ1v) is 10.9.